The lowest BCUT2D eigenvalue weighted by Crippen LogP contribution is -2.24. The molecule has 5 rings (SSSR count). The quantitative estimate of drug-likeness (QED) is 0.112. The summed E-state index contributed by atoms with van der Waals surface area (Å²) in [6, 6.07) is 10.4. The number of rotatable bonds is 11. The number of alkyl halides is 5. The molecule has 0 spiro atoms. The fourth-order valence-electron chi connectivity index (χ4n) is 6.53. The Morgan fingerprint density at radius 3 is 1.84 bits per heavy atom. The zero-order valence-corrected chi connectivity index (χ0v) is 26.6. The summed E-state index contributed by atoms with van der Waals surface area (Å²) in [5.74, 6) is -6.26. The van der Waals surface area contributed by atoms with Crippen LogP contribution in [-0.4, -0.2) is 6.18 Å². The van der Waals surface area contributed by atoms with Crippen LogP contribution in [0.2, 0.25) is 0 Å². The molecule has 0 N–H and O–H groups in total. The van der Waals surface area contributed by atoms with Crippen LogP contribution in [-0.2, 0) is 12.5 Å². The van der Waals surface area contributed by atoms with Crippen molar-refractivity contribution in [3.05, 3.63) is 113 Å². The van der Waals surface area contributed by atoms with E-state index in [-0.39, 0.29) is 28.2 Å². The van der Waals surface area contributed by atoms with Crippen molar-refractivity contribution in [2.45, 2.75) is 82.9 Å². The molecule has 4 aromatic carbocycles. The molecule has 0 aliphatic heterocycles. The van der Waals surface area contributed by atoms with Crippen LogP contribution in [0.4, 0.5) is 43.9 Å². The third-order valence-corrected chi connectivity index (χ3v) is 9.14. The van der Waals surface area contributed by atoms with Gasteiger partial charge in [0.15, 0.2) is 0 Å². The van der Waals surface area contributed by atoms with E-state index in [9.17, 15) is 22.0 Å². The van der Waals surface area contributed by atoms with E-state index in [2.05, 4.69) is 6.92 Å². The van der Waals surface area contributed by atoms with Crippen molar-refractivity contribution in [1.82, 2.24) is 0 Å². The van der Waals surface area contributed by atoms with E-state index >= 15 is 22.0 Å². The highest BCUT2D eigenvalue weighted by Crippen LogP contribution is 2.41. The number of hydrogen-bond donors (Lipinski definition) is 0. The highest BCUT2D eigenvalue weighted by atomic mass is 19.4. The van der Waals surface area contributed by atoms with Gasteiger partial charge in [0, 0.05) is 22.8 Å². The summed E-state index contributed by atoms with van der Waals surface area (Å²) in [7, 11) is 0. The van der Waals surface area contributed by atoms with E-state index < -0.39 is 64.7 Å². The van der Waals surface area contributed by atoms with Gasteiger partial charge in [0.1, 0.15) is 34.8 Å². The van der Waals surface area contributed by atoms with Crippen LogP contribution in [0.1, 0.15) is 80.9 Å². The van der Waals surface area contributed by atoms with Crippen molar-refractivity contribution in [3.63, 3.8) is 0 Å². The molecule has 0 radical (unpaired) electrons. The highest BCUT2D eigenvalue weighted by Gasteiger charge is 2.38. The molecule has 49 heavy (non-hydrogen) atoms. The lowest BCUT2D eigenvalue weighted by molar-refractivity contribution is -0.187. The largest absolute Gasteiger partial charge is 0.429 e. The van der Waals surface area contributed by atoms with Gasteiger partial charge in [0.2, 0.25) is 0 Å². The van der Waals surface area contributed by atoms with Crippen molar-refractivity contribution in [2.24, 2.45) is 5.92 Å². The monoisotopic (exact) mass is 696 g/mol. The van der Waals surface area contributed by atoms with Gasteiger partial charge in [0.05, 0.1) is 12.0 Å². The number of ether oxygens (including phenoxy) is 1. The predicted molar refractivity (Wildman–Crippen MR) is 167 cm³/mol. The topological polar surface area (TPSA) is 9.23 Å². The van der Waals surface area contributed by atoms with Crippen LogP contribution in [0.3, 0.4) is 0 Å². The number of benzene rings is 4. The van der Waals surface area contributed by atoms with Crippen molar-refractivity contribution in [3.8, 4) is 28.0 Å². The van der Waals surface area contributed by atoms with E-state index in [0.717, 1.165) is 68.5 Å². The second kappa shape index (κ2) is 14.8. The first-order valence-corrected chi connectivity index (χ1v) is 16.2. The average Bonchev–Trinajstić information content (AvgIpc) is 3.02. The van der Waals surface area contributed by atoms with Crippen LogP contribution in [0.15, 0.2) is 66.7 Å². The van der Waals surface area contributed by atoms with Crippen LogP contribution in [0.5, 0.6) is 5.75 Å². The van der Waals surface area contributed by atoms with Gasteiger partial charge in [-0.15, -0.1) is 0 Å². The molecular formula is C38H34F10O. The van der Waals surface area contributed by atoms with E-state index in [4.69, 9.17) is 4.74 Å². The highest BCUT2D eigenvalue weighted by molar-refractivity contribution is 5.72. The molecule has 1 nitrogen and oxygen atoms in total. The number of halogens is 10. The normalized spacial score (nSPS) is 17.0. The molecule has 0 heterocycles. The molecule has 0 amide bonds. The van der Waals surface area contributed by atoms with Crippen LogP contribution < -0.4 is 4.74 Å². The van der Waals surface area contributed by atoms with Gasteiger partial charge in [0.25, 0.3) is 0 Å². The first-order valence-electron chi connectivity index (χ1n) is 16.2. The first-order chi connectivity index (χ1) is 23.1. The molecule has 0 saturated heterocycles. The van der Waals surface area contributed by atoms with Gasteiger partial charge < -0.3 is 4.74 Å². The molecule has 1 aliphatic rings. The Morgan fingerprint density at radius 2 is 1.24 bits per heavy atom. The summed E-state index contributed by atoms with van der Waals surface area (Å²) in [5, 5.41) is 0. The van der Waals surface area contributed by atoms with E-state index in [1.807, 2.05) is 0 Å². The fourth-order valence-corrected chi connectivity index (χ4v) is 6.53. The third-order valence-electron chi connectivity index (χ3n) is 9.14. The maximum atomic E-state index is 15.1. The number of hydrogen-bond acceptors (Lipinski definition) is 1. The van der Waals surface area contributed by atoms with Crippen LogP contribution >= 0.6 is 0 Å². The van der Waals surface area contributed by atoms with Gasteiger partial charge in [-0.25, -0.2) is 22.0 Å². The lowest BCUT2D eigenvalue weighted by atomic mass is 9.77. The predicted octanol–water partition coefficient (Wildman–Crippen LogP) is 12.8. The van der Waals surface area contributed by atoms with Crippen molar-refractivity contribution in [2.75, 3.05) is 0 Å². The minimum absolute atomic E-state index is 0.0761. The molecule has 1 fully saturated rings. The molecular weight excluding hydrogens is 662 g/mol. The summed E-state index contributed by atoms with van der Waals surface area (Å²) >= 11 is 0. The molecule has 0 atom stereocenters. The van der Waals surface area contributed by atoms with Crippen molar-refractivity contribution >= 4 is 0 Å². The third kappa shape index (κ3) is 8.78. The van der Waals surface area contributed by atoms with Gasteiger partial charge >= 0.3 is 12.3 Å². The Hall–Kier alpha value is -4.02. The Balaban J connectivity index is 1.27. The lowest BCUT2D eigenvalue weighted by Gasteiger charge is -2.29. The van der Waals surface area contributed by atoms with Gasteiger partial charge in [-0.3, -0.25) is 0 Å². The summed E-state index contributed by atoms with van der Waals surface area (Å²) < 4.78 is 147. The second-order valence-electron chi connectivity index (χ2n) is 12.6. The summed E-state index contributed by atoms with van der Waals surface area (Å²) in [6.45, 7) is 2.16. The zero-order chi connectivity index (χ0) is 35.5. The van der Waals surface area contributed by atoms with E-state index in [1.54, 1.807) is 0 Å². The average molecular weight is 697 g/mol. The second-order valence-corrected chi connectivity index (χ2v) is 12.6. The molecule has 1 saturated carbocycles. The van der Waals surface area contributed by atoms with E-state index in [0.29, 0.717) is 29.7 Å². The Kier molecular flexibility index (Phi) is 11.0. The SMILES string of the molecule is CCCCCC1CCC(c2ccc(C(F)(F)Oc3ccc(-c4ccc(-c5cc(F)c(CC(F)(F)F)c(F)c5)c(F)c4)c(F)c3)c(F)c2)CC1. The molecule has 11 heteroatoms. The molecule has 0 aromatic heterocycles. The maximum Gasteiger partial charge on any atom is 0.429 e. The molecule has 262 valence electrons. The van der Waals surface area contributed by atoms with E-state index in [1.165, 1.54) is 31.4 Å². The fraction of sp³-hybridized carbons (Fsp3) is 0.368. The molecule has 1 aliphatic carbocycles. The minimum atomic E-state index is -4.87. The first kappa shape index (κ1) is 36.3. The Bertz CT molecular complexity index is 1750. The van der Waals surface area contributed by atoms with Crippen LogP contribution in [0, 0.1) is 35.0 Å². The Morgan fingerprint density at radius 1 is 0.633 bits per heavy atom. The van der Waals surface area contributed by atoms with Crippen molar-refractivity contribution < 1.29 is 48.6 Å². The number of unbranched alkanes of at least 4 members (excludes halogenated alkanes) is 2. The van der Waals surface area contributed by atoms with Gasteiger partial charge in [-0.05, 0) is 96.7 Å². The molecule has 0 unspecified atom stereocenters. The van der Waals surface area contributed by atoms with Gasteiger partial charge in [-0.2, -0.15) is 22.0 Å². The summed E-state index contributed by atoms with van der Waals surface area (Å²) in [5.41, 5.74) is -2.66. The Labute approximate surface area is 277 Å². The van der Waals surface area contributed by atoms with Gasteiger partial charge in [-0.1, -0.05) is 50.8 Å². The maximum absolute atomic E-state index is 15.1. The minimum Gasteiger partial charge on any atom is -0.429 e. The summed E-state index contributed by atoms with van der Waals surface area (Å²) in [4.78, 5) is 0. The molecule has 4 aromatic rings. The summed E-state index contributed by atoms with van der Waals surface area (Å²) in [6.07, 6.45) is -2.43. The standard InChI is InChI=1S/C38H34F10O/c1-2-3-4-5-22-6-8-23(9-7-22)24-11-15-31(36(43)16-24)38(47,48)49-27-12-14-28(35(42)20-27)25-10-13-29(32(39)17-25)26-18-33(40)30(34(41)19-26)21-37(44,45)46/h10-20,22-23H,2-9,21H2,1H3. The van der Waals surface area contributed by atoms with Crippen LogP contribution in [0.25, 0.3) is 22.3 Å². The molecule has 0 bridgehead atoms. The zero-order valence-electron chi connectivity index (χ0n) is 26.6. The van der Waals surface area contributed by atoms with Crippen molar-refractivity contribution in [1.29, 1.82) is 0 Å². The smallest absolute Gasteiger partial charge is 0.429 e.